The molecular weight excluding hydrogens is 488 g/mol. The van der Waals surface area contributed by atoms with Crippen LogP contribution >= 0.6 is 0 Å². The molecule has 0 radical (unpaired) electrons. The molecule has 0 saturated carbocycles. The van der Waals surface area contributed by atoms with E-state index >= 15 is 0 Å². The lowest BCUT2D eigenvalue weighted by molar-refractivity contribution is 0.0910. The van der Waals surface area contributed by atoms with Gasteiger partial charge < -0.3 is 20.4 Å². The number of carbonyl (C=O) groups excluding carboxylic acids is 1. The molecule has 0 bridgehead atoms. The largest absolute Gasteiger partial charge is 0.503 e. The van der Waals surface area contributed by atoms with Gasteiger partial charge in [0.2, 0.25) is 0 Å². The predicted octanol–water partition coefficient (Wildman–Crippen LogP) is 7.23. The van der Waals surface area contributed by atoms with Gasteiger partial charge in [0.25, 0.3) is 5.91 Å². The van der Waals surface area contributed by atoms with Crippen LogP contribution in [0.25, 0.3) is 11.1 Å². The van der Waals surface area contributed by atoms with E-state index < -0.39 is 6.16 Å². The van der Waals surface area contributed by atoms with Gasteiger partial charge >= 0.3 is 6.16 Å². The Morgan fingerprint density at radius 1 is 0.949 bits per heavy atom. The number of nitrogens with one attached hydrogen (secondary N) is 1. The number of piperidine rings is 1. The first-order chi connectivity index (χ1) is 18.7. The fraction of sp³-hybridized carbons (Fsp3) is 0.394. The molecule has 1 aliphatic heterocycles. The van der Waals surface area contributed by atoms with Crippen LogP contribution in [0.3, 0.4) is 0 Å². The Kier molecular flexibility index (Phi) is 11.1. The highest BCUT2D eigenvalue weighted by atomic mass is 16.6. The second-order valence-electron chi connectivity index (χ2n) is 10.7. The van der Waals surface area contributed by atoms with E-state index in [4.69, 9.17) is 15.0 Å². The number of likely N-dealkylation sites (tertiary alicyclic amines) is 1. The minimum Gasteiger partial charge on any atom is -0.450 e. The third-order valence-corrected chi connectivity index (χ3v) is 7.88. The first kappa shape index (κ1) is 29.9. The van der Waals surface area contributed by atoms with Gasteiger partial charge in [-0.25, -0.2) is 4.79 Å². The van der Waals surface area contributed by atoms with Crippen LogP contribution < -0.4 is 5.32 Å². The first-order valence-corrected chi connectivity index (χ1v) is 13.9. The highest BCUT2D eigenvalue weighted by molar-refractivity contribution is 6.01. The molecule has 39 heavy (non-hydrogen) atoms. The number of hydrogen-bond donors (Lipinski definition) is 3. The summed E-state index contributed by atoms with van der Waals surface area (Å²) in [7, 11) is 0. The van der Waals surface area contributed by atoms with Crippen LogP contribution in [-0.2, 0) is 5.41 Å². The van der Waals surface area contributed by atoms with Crippen molar-refractivity contribution < 1.29 is 19.8 Å². The summed E-state index contributed by atoms with van der Waals surface area (Å²) in [6.07, 6.45) is 3.78. The van der Waals surface area contributed by atoms with Crippen molar-refractivity contribution in [3.05, 3.63) is 95.6 Å². The maximum Gasteiger partial charge on any atom is 0.503 e. The van der Waals surface area contributed by atoms with E-state index in [0.717, 1.165) is 61.2 Å². The van der Waals surface area contributed by atoms with Gasteiger partial charge in [-0.2, -0.15) is 0 Å². The molecule has 1 atom stereocenters. The molecule has 1 amide bonds. The van der Waals surface area contributed by atoms with Crippen molar-refractivity contribution in [1.29, 1.82) is 0 Å². The van der Waals surface area contributed by atoms with Gasteiger partial charge in [-0.15, -0.1) is 0 Å². The fourth-order valence-electron chi connectivity index (χ4n) is 5.34. The molecule has 0 aliphatic carbocycles. The van der Waals surface area contributed by atoms with E-state index in [2.05, 4.69) is 78.7 Å². The Morgan fingerprint density at radius 3 is 2.13 bits per heavy atom. The smallest absolute Gasteiger partial charge is 0.450 e. The van der Waals surface area contributed by atoms with Crippen LogP contribution in [0.1, 0.15) is 67.4 Å². The van der Waals surface area contributed by atoms with Crippen LogP contribution in [-0.4, -0.2) is 52.9 Å². The Labute approximate surface area is 232 Å². The van der Waals surface area contributed by atoms with Crippen LogP contribution in [0.2, 0.25) is 0 Å². The van der Waals surface area contributed by atoms with E-state index in [-0.39, 0.29) is 17.4 Å². The van der Waals surface area contributed by atoms with Crippen LogP contribution in [0.15, 0.2) is 78.9 Å². The van der Waals surface area contributed by atoms with Gasteiger partial charge in [-0.1, -0.05) is 92.2 Å². The molecule has 208 valence electrons. The van der Waals surface area contributed by atoms with Gasteiger partial charge in [0.05, 0.1) is 0 Å². The van der Waals surface area contributed by atoms with Crippen molar-refractivity contribution in [1.82, 2.24) is 10.2 Å². The predicted molar refractivity (Wildman–Crippen MR) is 158 cm³/mol. The molecule has 4 rings (SSSR count). The van der Waals surface area contributed by atoms with E-state index in [1.54, 1.807) is 0 Å². The number of aryl methyl sites for hydroxylation is 1. The molecule has 1 saturated heterocycles. The van der Waals surface area contributed by atoms with Crippen molar-refractivity contribution in [3.63, 3.8) is 0 Å². The van der Waals surface area contributed by atoms with Crippen molar-refractivity contribution in [2.24, 2.45) is 0 Å². The van der Waals surface area contributed by atoms with Crippen molar-refractivity contribution >= 4 is 12.1 Å². The summed E-state index contributed by atoms with van der Waals surface area (Å²) in [5, 5.41) is 17.3. The number of hydrogen-bond acceptors (Lipinski definition) is 3. The summed E-state index contributed by atoms with van der Waals surface area (Å²) >= 11 is 0. The molecule has 3 aromatic carbocycles. The van der Waals surface area contributed by atoms with Gasteiger partial charge in [0.1, 0.15) is 0 Å². The summed E-state index contributed by atoms with van der Waals surface area (Å²) in [4.78, 5) is 24.4. The topological polar surface area (TPSA) is 89.9 Å². The Hall–Kier alpha value is -3.64. The number of rotatable bonds is 9. The SMILES string of the molecule is CCC(C)(CCCN1CCC(NC(=O)c2cc(C)ccc2-c2ccccc2)CC1)c1ccccc1.O=C(O)O. The average molecular weight is 531 g/mol. The van der Waals surface area contributed by atoms with Gasteiger partial charge in [0, 0.05) is 24.7 Å². The summed E-state index contributed by atoms with van der Waals surface area (Å²) < 4.78 is 0. The second kappa shape index (κ2) is 14.5. The van der Waals surface area contributed by atoms with Crippen molar-refractivity contribution in [3.8, 4) is 11.1 Å². The van der Waals surface area contributed by atoms with Crippen LogP contribution in [0.5, 0.6) is 0 Å². The van der Waals surface area contributed by atoms with Crippen molar-refractivity contribution in [2.45, 2.75) is 64.3 Å². The summed E-state index contributed by atoms with van der Waals surface area (Å²) in [6.45, 7) is 10.00. The summed E-state index contributed by atoms with van der Waals surface area (Å²) in [5.74, 6) is 0.0487. The normalized spacial score (nSPS) is 15.5. The van der Waals surface area contributed by atoms with E-state index in [1.807, 2.05) is 31.2 Å². The quantitative estimate of drug-likeness (QED) is 0.272. The van der Waals surface area contributed by atoms with Gasteiger partial charge in [0.15, 0.2) is 0 Å². The summed E-state index contributed by atoms with van der Waals surface area (Å²) in [5.41, 5.74) is 5.68. The van der Waals surface area contributed by atoms with E-state index in [1.165, 1.54) is 18.4 Å². The summed E-state index contributed by atoms with van der Waals surface area (Å²) in [6, 6.07) is 27.6. The van der Waals surface area contributed by atoms with Crippen LogP contribution in [0.4, 0.5) is 4.79 Å². The van der Waals surface area contributed by atoms with E-state index in [9.17, 15) is 4.79 Å². The Balaban J connectivity index is 0.000000983. The average Bonchev–Trinajstić information content (AvgIpc) is 2.94. The first-order valence-electron chi connectivity index (χ1n) is 13.9. The maximum atomic E-state index is 13.3. The van der Waals surface area contributed by atoms with Gasteiger partial charge in [-0.3, -0.25) is 4.79 Å². The Bertz CT molecular complexity index is 1190. The zero-order chi connectivity index (χ0) is 28.3. The number of amides is 1. The molecule has 1 fully saturated rings. The third-order valence-electron chi connectivity index (χ3n) is 7.88. The molecule has 6 nitrogen and oxygen atoms in total. The number of carboxylic acid groups (broad SMARTS) is 2. The number of benzene rings is 3. The Morgan fingerprint density at radius 2 is 1.54 bits per heavy atom. The maximum absolute atomic E-state index is 13.3. The second-order valence-corrected chi connectivity index (χ2v) is 10.7. The molecular formula is C33H42N2O4. The highest BCUT2D eigenvalue weighted by Gasteiger charge is 2.26. The molecule has 3 aromatic rings. The molecule has 3 N–H and O–H groups in total. The number of nitrogens with zero attached hydrogens (tertiary/aromatic N) is 1. The van der Waals surface area contributed by atoms with Gasteiger partial charge in [-0.05, 0) is 73.7 Å². The highest BCUT2D eigenvalue weighted by Crippen LogP contribution is 2.32. The van der Waals surface area contributed by atoms with E-state index in [0.29, 0.717) is 0 Å². The minimum atomic E-state index is -1.83. The molecule has 1 unspecified atom stereocenters. The molecule has 0 spiro atoms. The molecule has 1 heterocycles. The standard InChI is InChI=1S/C32H40N2O.CH2O3/c1-4-32(3,27-14-9-6-10-15-27)20-11-21-34-22-18-28(19-23-34)33-31(35)30-24-25(2)16-17-29(30)26-12-7-5-8-13-26;2-1(3)4/h5-10,12-17,24,28H,4,11,18-23H2,1-3H3,(H,33,35);(H2,2,3,4). The zero-order valence-corrected chi connectivity index (χ0v) is 23.4. The number of carbonyl (C=O) groups is 2. The lowest BCUT2D eigenvalue weighted by Gasteiger charge is -2.34. The molecule has 1 aliphatic rings. The zero-order valence-electron chi connectivity index (χ0n) is 23.4. The monoisotopic (exact) mass is 530 g/mol. The molecule has 0 aromatic heterocycles. The lowest BCUT2D eigenvalue weighted by Crippen LogP contribution is -2.45. The third kappa shape index (κ3) is 8.96. The molecule has 6 heteroatoms. The van der Waals surface area contributed by atoms with Crippen molar-refractivity contribution in [2.75, 3.05) is 19.6 Å². The minimum absolute atomic E-state index is 0.0487. The fourth-order valence-corrected chi connectivity index (χ4v) is 5.34. The lowest BCUT2D eigenvalue weighted by atomic mass is 9.76. The van der Waals surface area contributed by atoms with Crippen LogP contribution in [0, 0.1) is 6.92 Å².